The summed E-state index contributed by atoms with van der Waals surface area (Å²) in [5.41, 5.74) is 2.77. The second kappa shape index (κ2) is 9.80. The Morgan fingerprint density at radius 1 is 0.935 bits per heavy atom. The zero-order valence-electron chi connectivity index (χ0n) is 17.6. The van der Waals surface area contributed by atoms with Gasteiger partial charge in [0.1, 0.15) is 11.6 Å². The molecule has 0 saturated heterocycles. The van der Waals surface area contributed by atoms with Crippen molar-refractivity contribution >= 4 is 22.5 Å². The molecule has 0 N–H and O–H groups in total. The molecule has 0 radical (unpaired) electrons. The highest BCUT2D eigenvalue weighted by Crippen LogP contribution is 2.22. The van der Waals surface area contributed by atoms with Crippen LogP contribution in [-0.2, 0) is 13.0 Å². The lowest BCUT2D eigenvalue weighted by molar-refractivity contribution is 0.300. The van der Waals surface area contributed by atoms with Crippen LogP contribution in [0.1, 0.15) is 25.3 Å². The minimum atomic E-state index is -0.0206. The van der Waals surface area contributed by atoms with E-state index in [4.69, 9.17) is 21.3 Å². The molecular formula is C26H25ClN2O2. The van der Waals surface area contributed by atoms with Gasteiger partial charge in [-0.25, -0.2) is 4.98 Å². The van der Waals surface area contributed by atoms with Crippen molar-refractivity contribution in [2.45, 2.75) is 32.7 Å². The molecule has 0 bridgehead atoms. The number of para-hydroxylation sites is 2. The number of halogens is 1. The molecule has 0 aliphatic carbocycles. The van der Waals surface area contributed by atoms with Crippen LogP contribution in [0.4, 0.5) is 0 Å². The maximum atomic E-state index is 13.2. The summed E-state index contributed by atoms with van der Waals surface area (Å²) in [7, 11) is 0. The van der Waals surface area contributed by atoms with Crippen LogP contribution in [0.25, 0.3) is 22.3 Å². The van der Waals surface area contributed by atoms with Crippen LogP contribution in [0.2, 0.25) is 5.02 Å². The first-order valence-electron chi connectivity index (χ1n) is 10.6. The number of ether oxygens (including phenoxy) is 1. The summed E-state index contributed by atoms with van der Waals surface area (Å²) in [4.78, 5) is 18.0. The number of hydrogen-bond donors (Lipinski definition) is 0. The normalized spacial score (nSPS) is 11.0. The SMILES string of the molecule is CCc1ccccc1OCCCCn1c(-c2ccc(Cl)cc2)nc2ccccc2c1=O. The quantitative estimate of drug-likeness (QED) is 0.314. The maximum absolute atomic E-state index is 13.2. The molecule has 0 fully saturated rings. The molecule has 1 aromatic heterocycles. The van der Waals surface area contributed by atoms with E-state index in [1.54, 1.807) is 4.57 Å². The van der Waals surface area contributed by atoms with Crippen molar-refractivity contribution < 1.29 is 4.74 Å². The van der Waals surface area contributed by atoms with Crippen molar-refractivity contribution in [3.8, 4) is 17.1 Å². The molecule has 4 aromatic rings. The third kappa shape index (κ3) is 4.80. The Morgan fingerprint density at radius 3 is 2.48 bits per heavy atom. The Bertz CT molecular complexity index is 1230. The molecule has 0 saturated carbocycles. The maximum Gasteiger partial charge on any atom is 0.261 e. The van der Waals surface area contributed by atoms with Crippen molar-refractivity contribution in [2.75, 3.05) is 6.61 Å². The van der Waals surface area contributed by atoms with Gasteiger partial charge >= 0.3 is 0 Å². The first kappa shape index (κ1) is 21.1. The lowest BCUT2D eigenvalue weighted by atomic mass is 10.1. The van der Waals surface area contributed by atoms with Crippen molar-refractivity contribution in [2.24, 2.45) is 0 Å². The summed E-state index contributed by atoms with van der Waals surface area (Å²) in [6.45, 7) is 3.32. The Morgan fingerprint density at radius 2 is 1.68 bits per heavy atom. The zero-order chi connectivity index (χ0) is 21.6. The molecule has 0 atom stereocenters. The number of aromatic nitrogens is 2. The number of aryl methyl sites for hydroxylation is 1. The van der Waals surface area contributed by atoms with E-state index < -0.39 is 0 Å². The van der Waals surface area contributed by atoms with E-state index in [2.05, 4.69) is 13.0 Å². The number of rotatable bonds is 8. The highest BCUT2D eigenvalue weighted by atomic mass is 35.5. The molecule has 0 unspecified atom stereocenters. The topological polar surface area (TPSA) is 44.1 Å². The molecule has 0 aliphatic rings. The second-order valence-electron chi connectivity index (χ2n) is 7.43. The van der Waals surface area contributed by atoms with Crippen LogP contribution in [0.15, 0.2) is 77.6 Å². The fraction of sp³-hybridized carbons (Fsp3) is 0.231. The first-order chi connectivity index (χ1) is 15.2. The van der Waals surface area contributed by atoms with Crippen molar-refractivity contribution in [3.63, 3.8) is 0 Å². The summed E-state index contributed by atoms with van der Waals surface area (Å²) >= 11 is 6.05. The molecule has 5 heteroatoms. The molecule has 1 heterocycles. The van der Waals surface area contributed by atoms with Crippen molar-refractivity contribution in [1.82, 2.24) is 9.55 Å². The third-order valence-electron chi connectivity index (χ3n) is 5.35. The lowest BCUT2D eigenvalue weighted by Crippen LogP contribution is -2.24. The fourth-order valence-electron chi connectivity index (χ4n) is 3.69. The second-order valence-corrected chi connectivity index (χ2v) is 7.87. The summed E-state index contributed by atoms with van der Waals surface area (Å²) in [5.74, 6) is 1.61. The van der Waals surface area contributed by atoms with E-state index in [0.29, 0.717) is 34.9 Å². The standard InChI is InChI=1S/C26H25ClN2O2/c1-2-19-9-3-6-12-24(19)31-18-8-7-17-29-25(20-13-15-21(27)16-14-20)28-23-11-5-4-10-22(23)26(29)30/h3-6,9-16H,2,7-8,17-18H2,1H3. The van der Waals surface area contributed by atoms with Gasteiger partial charge in [-0.1, -0.05) is 48.9 Å². The molecule has 0 spiro atoms. The van der Waals surface area contributed by atoms with E-state index in [-0.39, 0.29) is 5.56 Å². The van der Waals surface area contributed by atoms with E-state index in [1.807, 2.05) is 66.7 Å². The van der Waals surface area contributed by atoms with Gasteiger partial charge in [0.05, 0.1) is 17.5 Å². The van der Waals surface area contributed by atoms with E-state index >= 15 is 0 Å². The van der Waals surface area contributed by atoms with Gasteiger partial charge in [-0.05, 0) is 67.3 Å². The third-order valence-corrected chi connectivity index (χ3v) is 5.60. The van der Waals surface area contributed by atoms with Gasteiger partial charge < -0.3 is 4.74 Å². The summed E-state index contributed by atoms with van der Waals surface area (Å²) < 4.78 is 7.75. The smallest absolute Gasteiger partial charge is 0.261 e. The van der Waals surface area contributed by atoms with Crippen molar-refractivity contribution in [3.05, 3.63) is 93.7 Å². The minimum absolute atomic E-state index is 0.0206. The first-order valence-corrected chi connectivity index (χ1v) is 11.0. The Kier molecular flexibility index (Phi) is 6.68. The largest absolute Gasteiger partial charge is 0.493 e. The van der Waals surface area contributed by atoms with Gasteiger partial charge in [0.25, 0.3) is 5.56 Å². The van der Waals surface area contributed by atoms with Gasteiger partial charge in [0.15, 0.2) is 0 Å². The monoisotopic (exact) mass is 432 g/mol. The van der Waals surface area contributed by atoms with Gasteiger partial charge in [-0.15, -0.1) is 0 Å². The van der Waals surface area contributed by atoms with Crippen LogP contribution in [-0.4, -0.2) is 16.2 Å². The van der Waals surface area contributed by atoms with E-state index in [0.717, 1.165) is 30.6 Å². The predicted octanol–water partition coefficient (Wildman–Crippen LogP) is 6.14. The Balaban J connectivity index is 1.53. The number of unbranched alkanes of at least 4 members (excludes halogenated alkanes) is 1. The molecule has 31 heavy (non-hydrogen) atoms. The van der Waals surface area contributed by atoms with Crippen LogP contribution >= 0.6 is 11.6 Å². The van der Waals surface area contributed by atoms with Gasteiger partial charge in [0, 0.05) is 17.1 Å². The molecule has 158 valence electrons. The molecule has 4 nitrogen and oxygen atoms in total. The van der Waals surface area contributed by atoms with Gasteiger partial charge in [0.2, 0.25) is 0 Å². The van der Waals surface area contributed by atoms with Gasteiger partial charge in [-0.3, -0.25) is 9.36 Å². The molecular weight excluding hydrogens is 408 g/mol. The van der Waals surface area contributed by atoms with Gasteiger partial charge in [-0.2, -0.15) is 0 Å². The summed E-state index contributed by atoms with van der Waals surface area (Å²) in [6.07, 6.45) is 2.60. The minimum Gasteiger partial charge on any atom is -0.493 e. The molecule has 0 aliphatic heterocycles. The van der Waals surface area contributed by atoms with Crippen molar-refractivity contribution in [1.29, 1.82) is 0 Å². The molecule has 0 amide bonds. The van der Waals surface area contributed by atoms with Crippen LogP contribution < -0.4 is 10.3 Å². The van der Waals surface area contributed by atoms with Crippen LogP contribution in [0.3, 0.4) is 0 Å². The highest BCUT2D eigenvalue weighted by Gasteiger charge is 2.12. The number of hydrogen-bond acceptors (Lipinski definition) is 3. The summed E-state index contributed by atoms with van der Waals surface area (Å²) in [5, 5.41) is 1.29. The molecule has 4 rings (SSSR count). The zero-order valence-corrected chi connectivity index (χ0v) is 18.3. The Labute approximate surface area is 187 Å². The fourth-order valence-corrected chi connectivity index (χ4v) is 3.81. The van der Waals surface area contributed by atoms with E-state index in [9.17, 15) is 4.79 Å². The average molecular weight is 433 g/mol. The van der Waals surface area contributed by atoms with Crippen LogP contribution in [0, 0.1) is 0 Å². The predicted molar refractivity (Wildman–Crippen MR) is 127 cm³/mol. The van der Waals surface area contributed by atoms with E-state index in [1.165, 1.54) is 5.56 Å². The number of nitrogens with zero attached hydrogens (tertiary/aromatic N) is 2. The number of benzene rings is 3. The molecule has 3 aromatic carbocycles. The average Bonchev–Trinajstić information content (AvgIpc) is 2.81. The lowest BCUT2D eigenvalue weighted by Gasteiger charge is -2.14. The summed E-state index contributed by atoms with van der Waals surface area (Å²) in [6, 6.07) is 23.0. The highest BCUT2D eigenvalue weighted by molar-refractivity contribution is 6.30. The Hall–Kier alpha value is -3.11. The van der Waals surface area contributed by atoms with Crippen LogP contribution in [0.5, 0.6) is 5.75 Å². The number of fused-ring (bicyclic) bond motifs is 1.